The number of aryl methyl sites for hydroxylation is 1. The Labute approximate surface area is 233 Å². The van der Waals surface area contributed by atoms with E-state index in [0.717, 1.165) is 34.6 Å². The van der Waals surface area contributed by atoms with Crippen LogP contribution in [0.3, 0.4) is 0 Å². The van der Waals surface area contributed by atoms with Crippen molar-refractivity contribution in [2.75, 3.05) is 22.9 Å². The Morgan fingerprint density at radius 3 is 2.24 bits per heavy atom. The predicted molar refractivity (Wildman–Crippen MR) is 161 cm³/mol. The standard InChI is InChI=1S/C30H32BrN5S/c1-5-34(6-2)23-14-16-24(17-15-23)35-20(3)19-26(21(35)4)29-28(27-9-7-8-18-32-27)33-30(37)36(29)25-12-10-22(31)11-13-25/h7-19,28-29H,5-6H2,1-4H3,(H,33,37)/t28-,29-/m1/s1. The van der Waals surface area contributed by atoms with Gasteiger partial charge in [-0.2, -0.15) is 0 Å². The number of aromatic nitrogens is 2. The summed E-state index contributed by atoms with van der Waals surface area (Å²) < 4.78 is 3.39. The van der Waals surface area contributed by atoms with E-state index in [1.165, 1.54) is 22.6 Å². The zero-order chi connectivity index (χ0) is 26.1. The number of nitrogens with one attached hydrogen (secondary N) is 1. The number of anilines is 2. The van der Waals surface area contributed by atoms with Crippen molar-refractivity contribution in [1.29, 1.82) is 0 Å². The highest BCUT2D eigenvalue weighted by Crippen LogP contribution is 2.44. The smallest absolute Gasteiger partial charge is 0.174 e. The summed E-state index contributed by atoms with van der Waals surface area (Å²) in [5.41, 5.74) is 8.06. The Hall–Kier alpha value is -3.16. The van der Waals surface area contributed by atoms with Crippen molar-refractivity contribution < 1.29 is 0 Å². The van der Waals surface area contributed by atoms with E-state index >= 15 is 0 Å². The van der Waals surface area contributed by atoms with Gasteiger partial charge in [-0.05, 0) is 112 Å². The molecule has 0 unspecified atom stereocenters. The molecule has 1 N–H and O–H groups in total. The molecular formula is C30H32BrN5S. The topological polar surface area (TPSA) is 36.3 Å². The van der Waals surface area contributed by atoms with E-state index in [9.17, 15) is 0 Å². The first kappa shape index (κ1) is 25.5. The van der Waals surface area contributed by atoms with Crippen LogP contribution in [0.2, 0.25) is 0 Å². The van der Waals surface area contributed by atoms with Crippen molar-refractivity contribution in [3.05, 3.63) is 106 Å². The molecule has 4 aromatic rings. The zero-order valence-electron chi connectivity index (χ0n) is 21.6. The molecule has 2 atom stereocenters. The minimum atomic E-state index is -0.0728. The molecule has 0 bridgehead atoms. The Bertz CT molecular complexity index is 1380. The monoisotopic (exact) mass is 573 g/mol. The molecule has 2 aromatic carbocycles. The highest BCUT2D eigenvalue weighted by Gasteiger charge is 2.42. The Balaban J connectivity index is 1.61. The summed E-state index contributed by atoms with van der Waals surface area (Å²) in [7, 11) is 0. The summed E-state index contributed by atoms with van der Waals surface area (Å²) in [6, 6.07) is 25.5. The maximum Gasteiger partial charge on any atom is 0.174 e. The maximum absolute atomic E-state index is 5.91. The summed E-state index contributed by atoms with van der Waals surface area (Å²) in [4.78, 5) is 9.30. The molecular weight excluding hydrogens is 542 g/mol. The fraction of sp³-hybridized carbons (Fsp3) is 0.267. The molecule has 5 nitrogen and oxygen atoms in total. The fourth-order valence-corrected chi connectivity index (χ4v) is 6.05. The Morgan fingerprint density at radius 2 is 1.62 bits per heavy atom. The van der Waals surface area contributed by atoms with Crippen molar-refractivity contribution in [3.63, 3.8) is 0 Å². The van der Waals surface area contributed by atoms with Gasteiger partial charge in [0.15, 0.2) is 5.11 Å². The van der Waals surface area contributed by atoms with E-state index in [0.29, 0.717) is 5.11 Å². The van der Waals surface area contributed by atoms with Gasteiger partial charge >= 0.3 is 0 Å². The van der Waals surface area contributed by atoms with Crippen LogP contribution in [0.1, 0.15) is 48.6 Å². The molecule has 0 radical (unpaired) electrons. The van der Waals surface area contributed by atoms with Gasteiger partial charge < -0.3 is 19.7 Å². The second-order valence-corrected chi connectivity index (χ2v) is 10.6. The molecule has 3 heterocycles. The van der Waals surface area contributed by atoms with Crippen LogP contribution in [-0.2, 0) is 0 Å². The van der Waals surface area contributed by atoms with Gasteiger partial charge in [-0.3, -0.25) is 4.98 Å². The third kappa shape index (κ3) is 4.78. The average Bonchev–Trinajstić information content (AvgIpc) is 3.41. The molecule has 2 aromatic heterocycles. The van der Waals surface area contributed by atoms with Gasteiger partial charge in [0.05, 0.1) is 17.8 Å². The lowest BCUT2D eigenvalue weighted by Gasteiger charge is -2.28. The van der Waals surface area contributed by atoms with Crippen LogP contribution < -0.4 is 15.1 Å². The minimum Gasteiger partial charge on any atom is -0.372 e. The van der Waals surface area contributed by atoms with Crippen LogP contribution in [0.15, 0.2) is 83.5 Å². The third-order valence-corrected chi connectivity index (χ3v) is 8.07. The summed E-state index contributed by atoms with van der Waals surface area (Å²) in [6.07, 6.45) is 1.85. The van der Waals surface area contributed by atoms with Gasteiger partial charge in [0.25, 0.3) is 0 Å². The number of hydrogen-bond acceptors (Lipinski definition) is 3. The highest BCUT2D eigenvalue weighted by molar-refractivity contribution is 9.10. The molecule has 190 valence electrons. The maximum atomic E-state index is 5.91. The SMILES string of the molecule is CCN(CC)c1ccc(-n2c(C)cc([C@@H]3[C@@H](c4ccccn4)NC(=S)N3c3ccc(Br)cc3)c2C)cc1. The number of hydrogen-bond donors (Lipinski definition) is 1. The van der Waals surface area contributed by atoms with Crippen LogP contribution in [0, 0.1) is 13.8 Å². The molecule has 0 spiro atoms. The number of nitrogens with zero attached hydrogens (tertiary/aromatic N) is 4. The second kappa shape index (κ2) is 10.7. The Morgan fingerprint density at radius 1 is 0.946 bits per heavy atom. The second-order valence-electron chi connectivity index (χ2n) is 9.32. The van der Waals surface area contributed by atoms with Crippen LogP contribution in [0.25, 0.3) is 5.69 Å². The van der Waals surface area contributed by atoms with Crippen molar-refractivity contribution in [2.45, 2.75) is 39.8 Å². The van der Waals surface area contributed by atoms with E-state index in [1.54, 1.807) is 0 Å². The van der Waals surface area contributed by atoms with Crippen molar-refractivity contribution in [2.24, 2.45) is 0 Å². The third-order valence-electron chi connectivity index (χ3n) is 7.23. The van der Waals surface area contributed by atoms with E-state index in [1.807, 2.05) is 18.3 Å². The lowest BCUT2D eigenvalue weighted by atomic mass is 9.96. The number of halogens is 1. The van der Waals surface area contributed by atoms with E-state index in [4.69, 9.17) is 17.2 Å². The summed E-state index contributed by atoms with van der Waals surface area (Å²) in [6.45, 7) is 10.8. The van der Waals surface area contributed by atoms with Crippen molar-refractivity contribution >= 4 is 44.6 Å². The molecule has 0 amide bonds. The molecule has 37 heavy (non-hydrogen) atoms. The quantitative estimate of drug-likeness (QED) is 0.235. The van der Waals surface area contributed by atoms with Crippen LogP contribution in [-0.4, -0.2) is 27.8 Å². The Kier molecular flexibility index (Phi) is 7.36. The van der Waals surface area contributed by atoms with Gasteiger partial charge in [0.2, 0.25) is 0 Å². The first-order valence-corrected chi connectivity index (χ1v) is 13.9. The summed E-state index contributed by atoms with van der Waals surface area (Å²) in [5.74, 6) is 0. The molecule has 1 saturated heterocycles. The normalized spacial score (nSPS) is 17.2. The molecule has 0 saturated carbocycles. The average molecular weight is 575 g/mol. The molecule has 5 rings (SSSR count). The predicted octanol–water partition coefficient (Wildman–Crippen LogP) is 7.27. The molecule has 1 fully saturated rings. The largest absolute Gasteiger partial charge is 0.372 e. The molecule has 0 aliphatic carbocycles. The zero-order valence-corrected chi connectivity index (χ0v) is 24.1. The number of thiocarbonyl (C=S) groups is 1. The van der Waals surface area contributed by atoms with Crippen molar-refractivity contribution in [3.8, 4) is 5.69 Å². The van der Waals surface area contributed by atoms with E-state index < -0.39 is 0 Å². The van der Waals surface area contributed by atoms with Crippen LogP contribution >= 0.6 is 28.1 Å². The van der Waals surface area contributed by atoms with Crippen LogP contribution in [0.4, 0.5) is 11.4 Å². The lowest BCUT2D eigenvalue weighted by molar-refractivity contribution is 0.565. The van der Waals surface area contributed by atoms with Gasteiger partial charge in [0.1, 0.15) is 0 Å². The van der Waals surface area contributed by atoms with E-state index in [2.05, 4.69) is 124 Å². The molecule has 7 heteroatoms. The lowest BCUT2D eigenvalue weighted by Crippen LogP contribution is -2.29. The highest BCUT2D eigenvalue weighted by atomic mass is 79.9. The molecule has 1 aliphatic heterocycles. The van der Waals surface area contributed by atoms with Crippen molar-refractivity contribution in [1.82, 2.24) is 14.9 Å². The summed E-state index contributed by atoms with van der Waals surface area (Å²) >= 11 is 9.48. The van der Waals surface area contributed by atoms with E-state index in [-0.39, 0.29) is 12.1 Å². The first-order chi connectivity index (χ1) is 17.9. The number of benzene rings is 2. The van der Waals surface area contributed by atoms with Gasteiger partial charge in [-0.1, -0.05) is 22.0 Å². The summed E-state index contributed by atoms with van der Waals surface area (Å²) in [5, 5.41) is 4.28. The number of pyridine rings is 1. The minimum absolute atomic E-state index is 0.0431. The van der Waals surface area contributed by atoms with Gasteiger partial charge in [0, 0.05) is 52.2 Å². The number of rotatable bonds is 7. The van der Waals surface area contributed by atoms with Gasteiger partial charge in [-0.25, -0.2) is 0 Å². The van der Waals surface area contributed by atoms with Gasteiger partial charge in [-0.15, -0.1) is 0 Å². The fourth-order valence-electron chi connectivity index (χ4n) is 5.44. The molecule has 1 aliphatic rings. The first-order valence-electron chi connectivity index (χ1n) is 12.7. The van der Waals surface area contributed by atoms with Crippen LogP contribution in [0.5, 0.6) is 0 Å².